The molecule has 0 amide bonds. The number of nitrogens with one attached hydrogen (secondary N) is 1. The van der Waals surface area contributed by atoms with Gasteiger partial charge in [-0.15, -0.1) is 11.3 Å². The molecular formula is C22H20FN3S. The van der Waals surface area contributed by atoms with Crippen LogP contribution >= 0.6 is 11.3 Å². The number of imidazole rings is 1. The molecule has 2 heterocycles. The molecule has 0 saturated heterocycles. The fourth-order valence-corrected chi connectivity index (χ4v) is 4.13. The zero-order valence-electron chi connectivity index (χ0n) is 15.0. The van der Waals surface area contributed by atoms with E-state index in [4.69, 9.17) is 0 Å². The van der Waals surface area contributed by atoms with E-state index in [1.165, 1.54) is 6.07 Å². The standard InChI is InChI=1S/C22H20FN3S/c1-26-14-13-24-22(26)21(16-7-3-2-4-8-16)25-15-17-11-12-20(27-17)18-9-5-6-10-19(18)23/h2-14,21,25H,15H2,1H3. The Kier molecular flexibility index (Phi) is 5.14. The zero-order chi connectivity index (χ0) is 18.6. The Hall–Kier alpha value is -2.76. The van der Waals surface area contributed by atoms with Gasteiger partial charge in [0.25, 0.3) is 0 Å². The van der Waals surface area contributed by atoms with Crippen LogP contribution in [-0.2, 0) is 13.6 Å². The van der Waals surface area contributed by atoms with Gasteiger partial charge >= 0.3 is 0 Å². The normalized spacial score (nSPS) is 12.2. The summed E-state index contributed by atoms with van der Waals surface area (Å²) in [4.78, 5) is 6.62. The largest absolute Gasteiger partial charge is 0.336 e. The summed E-state index contributed by atoms with van der Waals surface area (Å²) in [6.07, 6.45) is 3.77. The maximum Gasteiger partial charge on any atom is 0.131 e. The second-order valence-electron chi connectivity index (χ2n) is 6.37. The van der Waals surface area contributed by atoms with Gasteiger partial charge in [0, 0.05) is 41.3 Å². The van der Waals surface area contributed by atoms with Crippen LogP contribution in [0.1, 0.15) is 22.3 Å². The van der Waals surface area contributed by atoms with E-state index in [1.807, 2.05) is 60.4 Å². The molecule has 0 saturated carbocycles. The van der Waals surface area contributed by atoms with Gasteiger partial charge in [0.05, 0.1) is 6.04 Å². The Labute approximate surface area is 162 Å². The van der Waals surface area contributed by atoms with Crippen LogP contribution < -0.4 is 5.32 Å². The highest BCUT2D eigenvalue weighted by Crippen LogP contribution is 2.30. The third-order valence-corrected chi connectivity index (χ3v) is 5.65. The first-order valence-corrected chi connectivity index (χ1v) is 9.63. The average Bonchev–Trinajstić information content (AvgIpc) is 3.33. The summed E-state index contributed by atoms with van der Waals surface area (Å²) < 4.78 is 16.1. The first-order valence-electron chi connectivity index (χ1n) is 8.81. The van der Waals surface area contributed by atoms with Crippen LogP contribution in [0.2, 0.25) is 0 Å². The molecule has 4 aromatic rings. The highest BCUT2D eigenvalue weighted by Gasteiger charge is 2.18. The van der Waals surface area contributed by atoms with Gasteiger partial charge in [0.2, 0.25) is 0 Å². The number of aryl methyl sites for hydroxylation is 1. The number of halogens is 1. The average molecular weight is 377 g/mol. The van der Waals surface area contributed by atoms with E-state index in [-0.39, 0.29) is 11.9 Å². The second kappa shape index (κ2) is 7.86. The minimum Gasteiger partial charge on any atom is -0.336 e. The summed E-state index contributed by atoms with van der Waals surface area (Å²) in [5.74, 6) is 0.779. The Balaban J connectivity index is 1.55. The minimum atomic E-state index is -0.186. The van der Waals surface area contributed by atoms with Crippen molar-refractivity contribution in [2.45, 2.75) is 12.6 Å². The van der Waals surface area contributed by atoms with Crippen molar-refractivity contribution < 1.29 is 4.39 Å². The van der Waals surface area contributed by atoms with Crippen molar-refractivity contribution >= 4 is 11.3 Å². The highest BCUT2D eigenvalue weighted by atomic mass is 32.1. The van der Waals surface area contributed by atoms with Crippen LogP contribution in [0.3, 0.4) is 0 Å². The molecule has 3 nitrogen and oxygen atoms in total. The second-order valence-corrected chi connectivity index (χ2v) is 7.54. The number of hydrogen-bond donors (Lipinski definition) is 1. The first-order chi connectivity index (χ1) is 13.2. The van der Waals surface area contributed by atoms with Crippen molar-refractivity contribution in [3.8, 4) is 10.4 Å². The molecular weight excluding hydrogens is 357 g/mol. The SMILES string of the molecule is Cn1ccnc1C(NCc1ccc(-c2ccccc2F)s1)c1ccccc1. The Morgan fingerprint density at radius 2 is 1.81 bits per heavy atom. The molecule has 27 heavy (non-hydrogen) atoms. The van der Waals surface area contributed by atoms with Gasteiger partial charge in [-0.1, -0.05) is 48.5 Å². The van der Waals surface area contributed by atoms with Gasteiger partial charge in [-0.2, -0.15) is 0 Å². The summed E-state index contributed by atoms with van der Waals surface area (Å²) >= 11 is 1.61. The molecule has 2 aromatic carbocycles. The van der Waals surface area contributed by atoms with E-state index >= 15 is 0 Å². The Morgan fingerprint density at radius 1 is 1.04 bits per heavy atom. The summed E-state index contributed by atoms with van der Waals surface area (Å²) in [5.41, 5.74) is 1.81. The molecule has 0 aliphatic rings. The summed E-state index contributed by atoms with van der Waals surface area (Å²) in [6.45, 7) is 0.686. The quantitative estimate of drug-likeness (QED) is 0.503. The smallest absolute Gasteiger partial charge is 0.131 e. The summed E-state index contributed by atoms with van der Waals surface area (Å²) in [7, 11) is 2.00. The van der Waals surface area contributed by atoms with E-state index in [9.17, 15) is 4.39 Å². The molecule has 0 fully saturated rings. The van der Waals surface area contributed by atoms with Gasteiger partial charge in [0.1, 0.15) is 11.6 Å². The molecule has 5 heteroatoms. The number of benzene rings is 2. The van der Waals surface area contributed by atoms with Gasteiger partial charge in [-0.3, -0.25) is 5.32 Å². The number of hydrogen-bond acceptors (Lipinski definition) is 3. The number of nitrogens with zero attached hydrogens (tertiary/aromatic N) is 2. The fraction of sp³-hybridized carbons (Fsp3) is 0.136. The fourth-order valence-electron chi connectivity index (χ4n) is 3.14. The highest BCUT2D eigenvalue weighted by molar-refractivity contribution is 7.15. The van der Waals surface area contributed by atoms with E-state index in [1.54, 1.807) is 17.4 Å². The topological polar surface area (TPSA) is 29.9 Å². The lowest BCUT2D eigenvalue weighted by Crippen LogP contribution is -2.24. The van der Waals surface area contributed by atoms with Crippen molar-refractivity contribution in [2.75, 3.05) is 0 Å². The van der Waals surface area contributed by atoms with Crippen LogP contribution in [-0.4, -0.2) is 9.55 Å². The molecule has 0 aliphatic heterocycles. The predicted molar refractivity (Wildman–Crippen MR) is 108 cm³/mol. The van der Waals surface area contributed by atoms with Gasteiger partial charge < -0.3 is 4.57 Å². The molecule has 136 valence electrons. The van der Waals surface area contributed by atoms with Gasteiger partial charge in [0.15, 0.2) is 0 Å². The van der Waals surface area contributed by atoms with Crippen molar-refractivity contribution in [3.63, 3.8) is 0 Å². The third-order valence-electron chi connectivity index (χ3n) is 4.53. The Morgan fingerprint density at radius 3 is 2.56 bits per heavy atom. The van der Waals surface area contributed by atoms with E-state index < -0.39 is 0 Å². The van der Waals surface area contributed by atoms with Crippen LogP contribution in [0.25, 0.3) is 10.4 Å². The Bertz CT molecular complexity index is 1020. The maximum absolute atomic E-state index is 14.0. The van der Waals surface area contributed by atoms with Crippen molar-refractivity contribution in [1.82, 2.24) is 14.9 Å². The molecule has 1 unspecified atom stereocenters. The van der Waals surface area contributed by atoms with Crippen LogP contribution in [0.5, 0.6) is 0 Å². The molecule has 0 aliphatic carbocycles. The number of thiophene rings is 1. The number of aromatic nitrogens is 2. The van der Waals surface area contributed by atoms with Gasteiger partial charge in [-0.05, 0) is 23.8 Å². The van der Waals surface area contributed by atoms with E-state index in [2.05, 4.69) is 28.5 Å². The predicted octanol–water partition coefficient (Wildman–Crippen LogP) is 5.17. The lowest BCUT2D eigenvalue weighted by molar-refractivity contribution is 0.561. The molecule has 1 N–H and O–H groups in total. The van der Waals surface area contributed by atoms with Crippen LogP contribution in [0.15, 0.2) is 79.1 Å². The van der Waals surface area contributed by atoms with Crippen LogP contribution in [0, 0.1) is 5.82 Å². The molecule has 0 bridgehead atoms. The molecule has 4 rings (SSSR count). The number of rotatable bonds is 6. The molecule has 0 spiro atoms. The molecule has 0 radical (unpaired) electrons. The maximum atomic E-state index is 14.0. The lowest BCUT2D eigenvalue weighted by atomic mass is 10.1. The van der Waals surface area contributed by atoms with Crippen molar-refractivity contribution in [1.29, 1.82) is 0 Å². The minimum absolute atomic E-state index is 0.00906. The van der Waals surface area contributed by atoms with E-state index in [0.29, 0.717) is 12.1 Å². The van der Waals surface area contributed by atoms with Crippen LogP contribution in [0.4, 0.5) is 4.39 Å². The summed E-state index contributed by atoms with van der Waals surface area (Å²) in [5, 5.41) is 3.61. The van der Waals surface area contributed by atoms with Gasteiger partial charge in [-0.25, -0.2) is 9.37 Å². The zero-order valence-corrected chi connectivity index (χ0v) is 15.8. The first kappa shape index (κ1) is 17.6. The monoisotopic (exact) mass is 377 g/mol. The van der Waals surface area contributed by atoms with E-state index in [0.717, 1.165) is 21.1 Å². The lowest BCUT2D eigenvalue weighted by Gasteiger charge is -2.18. The molecule has 1 atom stereocenters. The van der Waals surface area contributed by atoms with Crippen molar-refractivity contribution in [3.05, 3.63) is 101 Å². The molecule has 2 aromatic heterocycles. The summed E-state index contributed by atoms with van der Waals surface area (Å²) in [6, 6.07) is 21.2. The van der Waals surface area contributed by atoms with Crippen molar-refractivity contribution in [2.24, 2.45) is 7.05 Å². The third kappa shape index (κ3) is 3.84.